The molecule has 2 nitrogen and oxygen atoms in total. The minimum atomic E-state index is 0.314. The second-order valence-corrected chi connectivity index (χ2v) is 6.39. The van der Waals surface area contributed by atoms with E-state index in [4.69, 9.17) is 5.73 Å². The molecule has 1 aliphatic rings. The lowest BCUT2D eigenvalue weighted by Gasteiger charge is -2.35. The highest BCUT2D eigenvalue weighted by molar-refractivity contribution is 7.98. The summed E-state index contributed by atoms with van der Waals surface area (Å²) in [7, 11) is 0. The third-order valence-corrected chi connectivity index (χ3v) is 5.07. The van der Waals surface area contributed by atoms with Gasteiger partial charge >= 0.3 is 0 Å². The van der Waals surface area contributed by atoms with Crippen LogP contribution in [0.1, 0.15) is 22.7 Å². The molecule has 1 heterocycles. The molecule has 2 aromatic carbocycles. The molecule has 0 aromatic heterocycles. The van der Waals surface area contributed by atoms with E-state index in [1.807, 2.05) is 0 Å². The Labute approximate surface area is 131 Å². The third kappa shape index (κ3) is 3.15. The lowest BCUT2D eigenvalue weighted by Crippen LogP contribution is -2.37. The Bertz CT molecular complexity index is 594. The van der Waals surface area contributed by atoms with Crippen molar-refractivity contribution < 1.29 is 0 Å². The molecule has 0 saturated carbocycles. The summed E-state index contributed by atoms with van der Waals surface area (Å²) in [5, 5.41) is 0. The molecule has 110 valence electrons. The van der Waals surface area contributed by atoms with Gasteiger partial charge in [-0.2, -0.15) is 0 Å². The number of hydrogen-bond acceptors (Lipinski definition) is 3. The highest BCUT2D eigenvalue weighted by atomic mass is 32.2. The fourth-order valence-corrected chi connectivity index (χ4v) is 3.51. The number of nitrogens with two attached hydrogens (primary N) is 1. The maximum atomic E-state index is 6.08. The number of benzene rings is 2. The Morgan fingerprint density at radius 1 is 1.10 bits per heavy atom. The van der Waals surface area contributed by atoms with E-state index in [0.29, 0.717) is 12.6 Å². The van der Waals surface area contributed by atoms with Crippen molar-refractivity contribution >= 4 is 11.8 Å². The lowest BCUT2D eigenvalue weighted by atomic mass is 9.96. The van der Waals surface area contributed by atoms with Gasteiger partial charge in [0, 0.05) is 30.6 Å². The summed E-state index contributed by atoms with van der Waals surface area (Å²) in [4.78, 5) is 3.81. The fraction of sp³-hybridized carbons (Fsp3) is 0.333. The Morgan fingerprint density at radius 3 is 2.48 bits per heavy atom. The Hall–Kier alpha value is -1.29. The first-order valence-corrected chi connectivity index (χ1v) is 8.69. The molecule has 0 aliphatic carbocycles. The first-order valence-electron chi connectivity index (χ1n) is 7.46. The van der Waals surface area contributed by atoms with Crippen LogP contribution >= 0.6 is 11.8 Å². The molecule has 0 saturated heterocycles. The van der Waals surface area contributed by atoms with Crippen molar-refractivity contribution in [1.29, 1.82) is 0 Å². The summed E-state index contributed by atoms with van der Waals surface area (Å²) in [6.07, 6.45) is 3.23. The molecule has 1 atom stereocenters. The summed E-state index contributed by atoms with van der Waals surface area (Å²) in [5.74, 6) is 0. The van der Waals surface area contributed by atoms with E-state index >= 15 is 0 Å². The van der Waals surface area contributed by atoms with E-state index in [-0.39, 0.29) is 0 Å². The van der Waals surface area contributed by atoms with Gasteiger partial charge in [0.15, 0.2) is 0 Å². The van der Waals surface area contributed by atoms with Crippen LogP contribution in [0.2, 0.25) is 0 Å². The Morgan fingerprint density at radius 2 is 1.81 bits per heavy atom. The largest absolute Gasteiger partial charge is 0.329 e. The van der Waals surface area contributed by atoms with Crippen LogP contribution in [0.3, 0.4) is 0 Å². The van der Waals surface area contributed by atoms with Crippen LogP contribution < -0.4 is 5.73 Å². The summed E-state index contributed by atoms with van der Waals surface area (Å²) in [6.45, 7) is 2.76. The van der Waals surface area contributed by atoms with Gasteiger partial charge in [0.2, 0.25) is 0 Å². The normalized spacial score (nSPS) is 16.5. The van der Waals surface area contributed by atoms with Crippen LogP contribution in [0.5, 0.6) is 0 Å². The van der Waals surface area contributed by atoms with E-state index in [1.54, 1.807) is 11.8 Å². The molecule has 3 rings (SSSR count). The lowest BCUT2D eigenvalue weighted by molar-refractivity contribution is 0.183. The van der Waals surface area contributed by atoms with Gasteiger partial charge in [-0.05, 0) is 41.5 Å². The maximum Gasteiger partial charge on any atom is 0.0474 e. The van der Waals surface area contributed by atoms with E-state index in [0.717, 1.165) is 19.5 Å². The third-order valence-electron chi connectivity index (χ3n) is 4.32. The van der Waals surface area contributed by atoms with Crippen molar-refractivity contribution in [2.24, 2.45) is 5.73 Å². The molecule has 0 amide bonds. The van der Waals surface area contributed by atoms with Crippen molar-refractivity contribution in [3.8, 4) is 0 Å². The van der Waals surface area contributed by atoms with E-state index in [1.165, 1.54) is 21.6 Å². The minimum absolute atomic E-state index is 0.314. The zero-order valence-electron chi connectivity index (χ0n) is 12.5. The molecule has 0 spiro atoms. The zero-order chi connectivity index (χ0) is 14.7. The monoisotopic (exact) mass is 298 g/mol. The fourth-order valence-electron chi connectivity index (χ4n) is 3.11. The minimum Gasteiger partial charge on any atom is -0.329 e. The topological polar surface area (TPSA) is 29.3 Å². The molecular formula is C18H22N2S. The highest BCUT2D eigenvalue weighted by Gasteiger charge is 2.23. The van der Waals surface area contributed by atoms with Gasteiger partial charge in [-0.1, -0.05) is 36.4 Å². The summed E-state index contributed by atoms with van der Waals surface area (Å²) in [6, 6.07) is 17.9. The maximum absolute atomic E-state index is 6.08. The predicted octanol–water partition coefficient (Wildman–Crippen LogP) is 3.47. The average molecular weight is 298 g/mol. The van der Waals surface area contributed by atoms with Gasteiger partial charge < -0.3 is 5.73 Å². The smallest absolute Gasteiger partial charge is 0.0474 e. The molecule has 2 aromatic rings. The number of hydrogen-bond donors (Lipinski definition) is 1. The van der Waals surface area contributed by atoms with Crippen LogP contribution in [0.15, 0.2) is 53.4 Å². The molecule has 0 radical (unpaired) electrons. The van der Waals surface area contributed by atoms with Crippen molar-refractivity contribution in [3.63, 3.8) is 0 Å². The number of rotatable bonds is 4. The van der Waals surface area contributed by atoms with E-state index in [9.17, 15) is 0 Å². The Kier molecular flexibility index (Phi) is 4.63. The van der Waals surface area contributed by atoms with Crippen LogP contribution in [0.4, 0.5) is 0 Å². The summed E-state index contributed by atoms with van der Waals surface area (Å²) in [5.41, 5.74) is 10.3. The molecule has 21 heavy (non-hydrogen) atoms. The van der Waals surface area contributed by atoms with Gasteiger partial charge in [0.25, 0.3) is 0 Å². The van der Waals surface area contributed by atoms with Crippen LogP contribution in [0.25, 0.3) is 0 Å². The van der Waals surface area contributed by atoms with E-state index in [2.05, 4.69) is 59.7 Å². The average Bonchev–Trinajstić information content (AvgIpc) is 2.56. The molecule has 0 fully saturated rings. The first-order chi connectivity index (χ1) is 10.3. The van der Waals surface area contributed by atoms with Crippen molar-refractivity contribution in [1.82, 2.24) is 4.90 Å². The first kappa shape index (κ1) is 14.6. The standard InChI is InChI=1S/C18H22N2S/c1-21-17-8-6-15(7-9-17)18(12-19)20-11-10-14-4-2-3-5-16(14)13-20/h2-9,18H,10-13,19H2,1H3. The van der Waals surface area contributed by atoms with Gasteiger partial charge in [-0.25, -0.2) is 0 Å². The quantitative estimate of drug-likeness (QED) is 0.877. The summed E-state index contributed by atoms with van der Waals surface area (Å²) >= 11 is 1.78. The molecule has 3 heteroatoms. The second-order valence-electron chi connectivity index (χ2n) is 5.51. The second kappa shape index (κ2) is 6.65. The number of thioether (sulfide) groups is 1. The molecule has 1 aliphatic heterocycles. The Balaban J connectivity index is 1.80. The molecule has 1 unspecified atom stereocenters. The van der Waals surface area contributed by atoms with Crippen molar-refractivity contribution in [3.05, 3.63) is 65.2 Å². The number of nitrogens with zero attached hydrogens (tertiary/aromatic N) is 1. The van der Waals surface area contributed by atoms with E-state index < -0.39 is 0 Å². The van der Waals surface area contributed by atoms with Crippen molar-refractivity contribution in [2.75, 3.05) is 19.3 Å². The number of fused-ring (bicyclic) bond motifs is 1. The highest BCUT2D eigenvalue weighted by Crippen LogP contribution is 2.28. The predicted molar refractivity (Wildman–Crippen MR) is 90.6 cm³/mol. The molecule has 2 N–H and O–H groups in total. The zero-order valence-corrected chi connectivity index (χ0v) is 13.3. The SMILES string of the molecule is CSc1ccc(C(CN)N2CCc3ccccc3C2)cc1. The summed E-state index contributed by atoms with van der Waals surface area (Å²) < 4.78 is 0. The molecule has 0 bridgehead atoms. The van der Waals surface area contributed by atoms with Crippen molar-refractivity contribution in [2.45, 2.75) is 23.9 Å². The van der Waals surface area contributed by atoms with Crippen LogP contribution in [-0.4, -0.2) is 24.2 Å². The van der Waals surface area contributed by atoms with Gasteiger partial charge in [0.1, 0.15) is 0 Å². The van der Waals surface area contributed by atoms with Crippen LogP contribution in [0, 0.1) is 0 Å². The van der Waals surface area contributed by atoms with Gasteiger partial charge in [-0.3, -0.25) is 4.90 Å². The molecular weight excluding hydrogens is 276 g/mol. The van der Waals surface area contributed by atoms with Gasteiger partial charge in [0.05, 0.1) is 0 Å². The van der Waals surface area contributed by atoms with Gasteiger partial charge in [-0.15, -0.1) is 11.8 Å². The van der Waals surface area contributed by atoms with Crippen LogP contribution in [-0.2, 0) is 13.0 Å².